The number of benzene rings is 3. The summed E-state index contributed by atoms with van der Waals surface area (Å²) in [6.45, 7) is 3.55. The molecule has 0 aliphatic rings. The Labute approximate surface area is 178 Å². The van der Waals surface area contributed by atoms with E-state index in [9.17, 15) is 9.59 Å². The summed E-state index contributed by atoms with van der Waals surface area (Å²) in [4.78, 5) is 26.1. The lowest BCUT2D eigenvalue weighted by atomic mass is 10.1. The van der Waals surface area contributed by atoms with E-state index in [1.807, 2.05) is 19.1 Å². The minimum Gasteiger partial charge on any atom is -0.475 e. The highest BCUT2D eigenvalue weighted by molar-refractivity contribution is 6.30. The smallest absolute Gasteiger partial charge is 0.235 e. The van der Waals surface area contributed by atoms with E-state index in [2.05, 4.69) is 0 Å². The van der Waals surface area contributed by atoms with Gasteiger partial charge in [-0.25, -0.2) is 0 Å². The van der Waals surface area contributed by atoms with Gasteiger partial charge in [0.25, 0.3) is 0 Å². The standard InChI is InChI=1S/C25H19ClO4/c1-15-8-13-20-21(14-15)30-24(18-9-11-19(26)12-10-18)25(23(20)28)29-16(2)22(27)17-6-4-3-5-7-17/h3-14,16H,1-2H3. The van der Waals surface area contributed by atoms with E-state index in [1.54, 1.807) is 67.6 Å². The third-order valence-electron chi connectivity index (χ3n) is 4.83. The molecule has 5 heteroatoms. The van der Waals surface area contributed by atoms with E-state index in [0.717, 1.165) is 5.56 Å². The molecule has 4 rings (SSSR count). The predicted molar refractivity (Wildman–Crippen MR) is 119 cm³/mol. The van der Waals surface area contributed by atoms with Crippen LogP contribution in [0.2, 0.25) is 5.02 Å². The van der Waals surface area contributed by atoms with Crippen LogP contribution in [-0.4, -0.2) is 11.9 Å². The second-order valence-electron chi connectivity index (χ2n) is 7.09. The van der Waals surface area contributed by atoms with Crippen LogP contribution in [0.15, 0.2) is 82.0 Å². The number of aryl methyl sites for hydroxylation is 1. The summed E-state index contributed by atoms with van der Waals surface area (Å²) in [5.74, 6) is 0.0500. The summed E-state index contributed by atoms with van der Waals surface area (Å²) in [5.41, 5.74) is 2.25. The molecule has 0 aliphatic heterocycles. The fourth-order valence-corrected chi connectivity index (χ4v) is 3.38. The number of rotatable bonds is 5. The number of Topliss-reactive ketones (excluding diaryl/α,β-unsaturated/α-hetero) is 1. The quantitative estimate of drug-likeness (QED) is 0.369. The molecule has 150 valence electrons. The molecule has 0 bridgehead atoms. The topological polar surface area (TPSA) is 56.5 Å². The number of hydrogen-bond donors (Lipinski definition) is 0. The van der Waals surface area contributed by atoms with Crippen LogP contribution in [-0.2, 0) is 0 Å². The molecule has 0 spiro atoms. The van der Waals surface area contributed by atoms with E-state index in [-0.39, 0.29) is 22.7 Å². The molecular weight excluding hydrogens is 400 g/mol. The SMILES string of the molecule is Cc1ccc2c(=O)c(OC(C)C(=O)c3ccccc3)c(-c3ccc(Cl)cc3)oc2c1. The van der Waals surface area contributed by atoms with Crippen LogP contribution in [0.3, 0.4) is 0 Å². The van der Waals surface area contributed by atoms with Gasteiger partial charge < -0.3 is 9.15 Å². The number of hydrogen-bond acceptors (Lipinski definition) is 4. The van der Waals surface area contributed by atoms with Crippen LogP contribution >= 0.6 is 11.6 Å². The first-order valence-corrected chi connectivity index (χ1v) is 9.91. The van der Waals surface area contributed by atoms with Crippen molar-refractivity contribution in [2.24, 2.45) is 0 Å². The zero-order valence-electron chi connectivity index (χ0n) is 16.5. The third-order valence-corrected chi connectivity index (χ3v) is 5.09. The molecule has 0 saturated carbocycles. The Morgan fingerprint density at radius 1 is 1.00 bits per heavy atom. The summed E-state index contributed by atoms with van der Waals surface area (Å²) in [6, 6.07) is 21.1. The molecule has 1 heterocycles. The van der Waals surface area contributed by atoms with Gasteiger partial charge >= 0.3 is 0 Å². The summed E-state index contributed by atoms with van der Waals surface area (Å²) in [5, 5.41) is 0.959. The van der Waals surface area contributed by atoms with E-state index in [1.165, 1.54) is 0 Å². The number of ether oxygens (including phenoxy) is 1. The van der Waals surface area contributed by atoms with E-state index < -0.39 is 6.10 Å². The largest absolute Gasteiger partial charge is 0.475 e. The van der Waals surface area contributed by atoms with Crippen LogP contribution in [0.25, 0.3) is 22.3 Å². The lowest BCUT2D eigenvalue weighted by Gasteiger charge is -2.16. The molecule has 4 aromatic rings. The van der Waals surface area contributed by atoms with Crippen molar-refractivity contribution in [2.45, 2.75) is 20.0 Å². The zero-order chi connectivity index (χ0) is 21.3. The summed E-state index contributed by atoms with van der Waals surface area (Å²) in [7, 11) is 0. The maximum absolute atomic E-state index is 13.3. The predicted octanol–water partition coefficient (Wildman–Crippen LogP) is 6.07. The first-order chi connectivity index (χ1) is 14.4. The number of ketones is 1. The van der Waals surface area contributed by atoms with Crippen LogP contribution in [0.4, 0.5) is 0 Å². The lowest BCUT2D eigenvalue weighted by molar-refractivity contribution is 0.0815. The van der Waals surface area contributed by atoms with Crippen molar-refractivity contribution >= 4 is 28.4 Å². The molecule has 30 heavy (non-hydrogen) atoms. The van der Waals surface area contributed by atoms with Gasteiger partial charge in [0.2, 0.25) is 17.0 Å². The van der Waals surface area contributed by atoms with Gasteiger partial charge in [0.1, 0.15) is 5.58 Å². The first kappa shape index (κ1) is 19.9. The van der Waals surface area contributed by atoms with E-state index in [4.69, 9.17) is 20.8 Å². The fraction of sp³-hybridized carbons (Fsp3) is 0.120. The molecule has 0 saturated heterocycles. The molecule has 0 N–H and O–H groups in total. The molecule has 0 aliphatic carbocycles. The molecule has 0 fully saturated rings. The van der Waals surface area contributed by atoms with Crippen molar-refractivity contribution in [3.8, 4) is 17.1 Å². The maximum Gasteiger partial charge on any atom is 0.235 e. The molecule has 1 unspecified atom stereocenters. The maximum atomic E-state index is 13.3. The van der Waals surface area contributed by atoms with Gasteiger partial charge in [-0.1, -0.05) is 48.0 Å². The molecular formula is C25H19ClO4. The van der Waals surface area contributed by atoms with Gasteiger partial charge in [-0.05, 0) is 55.8 Å². The highest BCUT2D eigenvalue weighted by atomic mass is 35.5. The Morgan fingerprint density at radius 2 is 1.70 bits per heavy atom. The van der Waals surface area contributed by atoms with Crippen molar-refractivity contribution < 1.29 is 13.9 Å². The molecule has 1 aromatic heterocycles. The minimum atomic E-state index is -0.871. The second-order valence-corrected chi connectivity index (χ2v) is 7.52. The fourth-order valence-electron chi connectivity index (χ4n) is 3.25. The van der Waals surface area contributed by atoms with Gasteiger partial charge in [0, 0.05) is 16.1 Å². The van der Waals surface area contributed by atoms with Crippen molar-refractivity contribution in [3.63, 3.8) is 0 Å². The average molecular weight is 419 g/mol. The van der Waals surface area contributed by atoms with Crippen LogP contribution in [0.1, 0.15) is 22.8 Å². The highest BCUT2D eigenvalue weighted by Gasteiger charge is 2.23. The zero-order valence-corrected chi connectivity index (χ0v) is 17.3. The van der Waals surface area contributed by atoms with Crippen molar-refractivity contribution in [1.29, 1.82) is 0 Å². The minimum absolute atomic E-state index is 0.00505. The Bertz CT molecular complexity index is 1270. The van der Waals surface area contributed by atoms with Gasteiger partial charge in [0.15, 0.2) is 11.9 Å². The highest BCUT2D eigenvalue weighted by Crippen LogP contribution is 2.32. The third kappa shape index (κ3) is 3.87. The monoisotopic (exact) mass is 418 g/mol. The Morgan fingerprint density at radius 3 is 2.40 bits per heavy atom. The molecule has 3 aromatic carbocycles. The Kier molecular flexibility index (Phi) is 5.42. The van der Waals surface area contributed by atoms with Crippen LogP contribution in [0.5, 0.6) is 5.75 Å². The van der Waals surface area contributed by atoms with Crippen molar-refractivity contribution in [3.05, 3.63) is 99.2 Å². The van der Waals surface area contributed by atoms with Gasteiger partial charge in [-0.3, -0.25) is 9.59 Å². The van der Waals surface area contributed by atoms with Crippen LogP contribution < -0.4 is 10.2 Å². The van der Waals surface area contributed by atoms with Gasteiger partial charge in [-0.2, -0.15) is 0 Å². The summed E-state index contributed by atoms with van der Waals surface area (Å²) >= 11 is 6.01. The number of fused-ring (bicyclic) bond motifs is 1. The first-order valence-electron chi connectivity index (χ1n) is 9.53. The molecule has 1 atom stereocenters. The van der Waals surface area contributed by atoms with Gasteiger partial charge in [0.05, 0.1) is 5.39 Å². The number of carbonyl (C=O) groups excluding carboxylic acids is 1. The van der Waals surface area contributed by atoms with E-state index >= 15 is 0 Å². The number of carbonyl (C=O) groups is 1. The summed E-state index contributed by atoms with van der Waals surface area (Å²) < 4.78 is 12.0. The summed E-state index contributed by atoms with van der Waals surface area (Å²) in [6.07, 6.45) is -0.871. The van der Waals surface area contributed by atoms with Crippen LogP contribution in [0, 0.1) is 6.92 Å². The van der Waals surface area contributed by atoms with Crippen molar-refractivity contribution in [2.75, 3.05) is 0 Å². The average Bonchev–Trinajstić information content (AvgIpc) is 2.76. The molecule has 4 nitrogen and oxygen atoms in total. The van der Waals surface area contributed by atoms with Gasteiger partial charge in [-0.15, -0.1) is 0 Å². The molecule has 0 radical (unpaired) electrons. The van der Waals surface area contributed by atoms with Crippen molar-refractivity contribution in [1.82, 2.24) is 0 Å². The lowest BCUT2D eigenvalue weighted by Crippen LogP contribution is -2.26. The Balaban J connectivity index is 1.84. The molecule has 0 amide bonds. The second kappa shape index (κ2) is 8.17. The number of halogens is 1. The van der Waals surface area contributed by atoms with E-state index in [0.29, 0.717) is 27.1 Å². The normalized spacial score (nSPS) is 12.0. The Hall–Kier alpha value is -3.37.